The van der Waals surface area contributed by atoms with Crippen LogP contribution in [0.25, 0.3) is 0 Å². The number of carbonyl (C=O) groups is 1. The van der Waals surface area contributed by atoms with Gasteiger partial charge in [0.15, 0.2) is 0 Å². The highest BCUT2D eigenvalue weighted by molar-refractivity contribution is 7.89. The van der Waals surface area contributed by atoms with Gasteiger partial charge in [0.25, 0.3) is 0 Å². The van der Waals surface area contributed by atoms with Gasteiger partial charge in [-0.3, -0.25) is 4.79 Å². The van der Waals surface area contributed by atoms with Crippen molar-refractivity contribution < 1.29 is 17.9 Å². The van der Waals surface area contributed by atoms with Crippen LogP contribution in [0.3, 0.4) is 0 Å². The summed E-state index contributed by atoms with van der Waals surface area (Å²) in [5, 5.41) is 0. The fourth-order valence-electron chi connectivity index (χ4n) is 1.86. The van der Waals surface area contributed by atoms with Crippen molar-refractivity contribution in [2.45, 2.75) is 37.1 Å². The van der Waals surface area contributed by atoms with Crippen LogP contribution in [0.1, 0.15) is 24.8 Å². The molecule has 118 valence electrons. The Morgan fingerprint density at radius 3 is 2.48 bits per heavy atom. The lowest BCUT2D eigenvalue weighted by Gasteiger charge is -2.17. The number of benzene rings is 1. The number of rotatable bonds is 8. The monoisotopic (exact) mass is 314 g/mol. The van der Waals surface area contributed by atoms with Crippen LogP contribution in [-0.2, 0) is 19.6 Å². The van der Waals surface area contributed by atoms with Gasteiger partial charge in [-0.25, -0.2) is 13.1 Å². The van der Waals surface area contributed by atoms with Crippen LogP contribution in [0.2, 0.25) is 0 Å². The van der Waals surface area contributed by atoms with E-state index >= 15 is 0 Å². The molecule has 0 fully saturated rings. The highest BCUT2D eigenvalue weighted by atomic mass is 32.2. The molecule has 1 rings (SSSR count). The van der Waals surface area contributed by atoms with Crippen LogP contribution >= 0.6 is 0 Å². The highest BCUT2D eigenvalue weighted by Crippen LogP contribution is 2.13. The molecule has 0 heterocycles. The second-order valence-corrected chi connectivity index (χ2v) is 6.56. The third-order valence-electron chi connectivity index (χ3n) is 3.05. The minimum Gasteiger partial charge on any atom is -0.469 e. The van der Waals surface area contributed by atoms with E-state index in [2.05, 4.69) is 9.46 Å². The summed E-state index contributed by atoms with van der Waals surface area (Å²) < 4.78 is 31.7. The third kappa shape index (κ3) is 5.82. The van der Waals surface area contributed by atoms with Crippen LogP contribution in [0.15, 0.2) is 29.2 Å². The molecule has 0 aliphatic heterocycles. The molecule has 1 unspecified atom stereocenters. The predicted molar refractivity (Wildman–Crippen MR) is 80.2 cm³/mol. The van der Waals surface area contributed by atoms with E-state index in [1.165, 1.54) is 19.2 Å². The Morgan fingerprint density at radius 2 is 1.95 bits per heavy atom. The Morgan fingerprint density at radius 1 is 1.33 bits per heavy atom. The zero-order valence-electron chi connectivity index (χ0n) is 12.3. The highest BCUT2D eigenvalue weighted by Gasteiger charge is 2.22. The van der Waals surface area contributed by atoms with E-state index in [-0.39, 0.29) is 11.3 Å². The van der Waals surface area contributed by atoms with E-state index in [0.717, 1.165) is 5.56 Å². The number of methoxy groups -OCH3 is 1. The predicted octanol–water partition coefficient (Wildman–Crippen LogP) is 0.944. The summed E-state index contributed by atoms with van der Waals surface area (Å²) >= 11 is 0. The Hall–Kier alpha value is -1.44. The lowest BCUT2D eigenvalue weighted by atomic mass is 10.1. The van der Waals surface area contributed by atoms with Crippen molar-refractivity contribution in [2.75, 3.05) is 13.7 Å². The molecule has 1 aromatic carbocycles. The van der Waals surface area contributed by atoms with Gasteiger partial charge >= 0.3 is 5.97 Å². The maximum atomic E-state index is 12.3. The van der Waals surface area contributed by atoms with Gasteiger partial charge in [-0.15, -0.1) is 0 Å². The zero-order valence-corrected chi connectivity index (χ0v) is 13.2. The fraction of sp³-hybridized carbons (Fsp3) is 0.500. The molecule has 21 heavy (non-hydrogen) atoms. The van der Waals surface area contributed by atoms with Crippen LogP contribution in [0, 0.1) is 6.92 Å². The second kappa shape index (κ2) is 8.11. The Balaban J connectivity index is 2.84. The maximum absolute atomic E-state index is 12.3. The van der Waals surface area contributed by atoms with E-state index in [4.69, 9.17) is 5.73 Å². The number of sulfonamides is 1. The van der Waals surface area contributed by atoms with Gasteiger partial charge in [-0.1, -0.05) is 17.7 Å². The number of nitrogens with one attached hydrogen (secondary N) is 1. The standard InChI is InChI=1S/C14H22N2O4S/c1-11-5-7-13(8-6-11)21(18,19)16-12(4-3-9-15)10-14(17)20-2/h5-8,12,16H,3-4,9-10,15H2,1-2H3. The first-order chi connectivity index (χ1) is 9.89. The van der Waals surface area contributed by atoms with Crippen molar-refractivity contribution in [3.63, 3.8) is 0 Å². The Bertz CT molecular complexity index is 555. The first kappa shape index (κ1) is 17.6. The molecular weight excluding hydrogens is 292 g/mol. The molecule has 0 bridgehead atoms. The smallest absolute Gasteiger partial charge is 0.307 e. The van der Waals surface area contributed by atoms with E-state index < -0.39 is 22.0 Å². The number of nitrogens with two attached hydrogens (primary N) is 1. The summed E-state index contributed by atoms with van der Waals surface area (Å²) in [6, 6.07) is 6.01. The molecule has 3 N–H and O–H groups in total. The molecule has 0 radical (unpaired) electrons. The molecule has 0 saturated carbocycles. The first-order valence-corrected chi connectivity index (χ1v) is 8.23. The maximum Gasteiger partial charge on any atom is 0.307 e. The third-order valence-corrected chi connectivity index (χ3v) is 4.59. The Kier molecular flexibility index (Phi) is 6.80. The van der Waals surface area contributed by atoms with Crippen molar-refractivity contribution in [1.29, 1.82) is 0 Å². The molecule has 0 amide bonds. The van der Waals surface area contributed by atoms with Crippen molar-refractivity contribution in [3.05, 3.63) is 29.8 Å². The van der Waals surface area contributed by atoms with Gasteiger partial charge in [-0.2, -0.15) is 0 Å². The van der Waals surface area contributed by atoms with E-state index in [9.17, 15) is 13.2 Å². The number of esters is 1. The molecule has 0 spiro atoms. The SMILES string of the molecule is COC(=O)CC(CCCN)NS(=O)(=O)c1ccc(C)cc1. The summed E-state index contributed by atoms with van der Waals surface area (Å²) in [5.41, 5.74) is 6.41. The number of hydrogen-bond acceptors (Lipinski definition) is 5. The molecule has 1 atom stereocenters. The summed E-state index contributed by atoms with van der Waals surface area (Å²) in [5.74, 6) is -0.455. The van der Waals surface area contributed by atoms with Gasteiger partial charge in [0.05, 0.1) is 18.4 Å². The normalized spacial score (nSPS) is 12.9. The lowest BCUT2D eigenvalue weighted by molar-refractivity contribution is -0.141. The number of hydrogen-bond donors (Lipinski definition) is 2. The van der Waals surface area contributed by atoms with Crippen LogP contribution in [0.4, 0.5) is 0 Å². The summed E-state index contributed by atoms with van der Waals surface area (Å²) in [6.07, 6.45) is 1.09. The summed E-state index contributed by atoms with van der Waals surface area (Å²) in [7, 11) is -2.38. The molecule has 1 aromatic rings. The van der Waals surface area contributed by atoms with Crippen molar-refractivity contribution in [3.8, 4) is 0 Å². The number of carbonyl (C=O) groups excluding carboxylic acids is 1. The largest absolute Gasteiger partial charge is 0.469 e. The number of ether oxygens (including phenoxy) is 1. The van der Waals surface area contributed by atoms with Crippen molar-refractivity contribution in [2.24, 2.45) is 5.73 Å². The molecule has 0 aliphatic carbocycles. The minimum absolute atomic E-state index is 0.0123. The zero-order chi connectivity index (χ0) is 15.9. The first-order valence-electron chi connectivity index (χ1n) is 6.75. The minimum atomic E-state index is -3.66. The molecule has 7 heteroatoms. The van der Waals surface area contributed by atoms with Gasteiger partial charge in [0, 0.05) is 6.04 Å². The van der Waals surface area contributed by atoms with Gasteiger partial charge in [-0.05, 0) is 38.4 Å². The second-order valence-electron chi connectivity index (χ2n) is 4.84. The molecule has 0 aromatic heterocycles. The van der Waals surface area contributed by atoms with Crippen LogP contribution in [0.5, 0.6) is 0 Å². The quantitative estimate of drug-likeness (QED) is 0.696. The average molecular weight is 314 g/mol. The topological polar surface area (TPSA) is 98.5 Å². The van der Waals surface area contributed by atoms with Gasteiger partial charge in [0.1, 0.15) is 0 Å². The fourth-order valence-corrected chi connectivity index (χ4v) is 3.13. The molecule has 6 nitrogen and oxygen atoms in total. The lowest BCUT2D eigenvalue weighted by Crippen LogP contribution is -2.37. The molecule has 0 saturated heterocycles. The van der Waals surface area contributed by atoms with Crippen molar-refractivity contribution in [1.82, 2.24) is 4.72 Å². The molecular formula is C14H22N2O4S. The van der Waals surface area contributed by atoms with Crippen LogP contribution < -0.4 is 10.5 Å². The number of aryl methyl sites for hydroxylation is 1. The Labute approximate surface area is 125 Å². The van der Waals surface area contributed by atoms with Crippen molar-refractivity contribution >= 4 is 16.0 Å². The van der Waals surface area contributed by atoms with E-state index in [1.807, 2.05) is 6.92 Å². The van der Waals surface area contributed by atoms with E-state index in [0.29, 0.717) is 19.4 Å². The average Bonchev–Trinajstić information content (AvgIpc) is 2.44. The van der Waals surface area contributed by atoms with Crippen LogP contribution in [-0.4, -0.2) is 34.1 Å². The van der Waals surface area contributed by atoms with Gasteiger partial charge < -0.3 is 10.5 Å². The summed E-state index contributed by atoms with van der Waals surface area (Å²) in [4.78, 5) is 11.5. The van der Waals surface area contributed by atoms with Gasteiger partial charge in [0.2, 0.25) is 10.0 Å². The summed E-state index contributed by atoms with van der Waals surface area (Å²) in [6.45, 7) is 2.31. The molecule has 0 aliphatic rings. The van der Waals surface area contributed by atoms with E-state index in [1.54, 1.807) is 12.1 Å².